The summed E-state index contributed by atoms with van der Waals surface area (Å²) in [6.45, 7) is 2.98. The van der Waals surface area contributed by atoms with E-state index in [2.05, 4.69) is 0 Å². The zero-order valence-corrected chi connectivity index (χ0v) is 7.24. The molecule has 0 aliphatic rings. The lowest BCUT2D eigenvalue weighted by Gasteiger charge is -2.07. The number of rotatable bonds is 1. The Hall–Kier alpha value is -1.12. The van der Waals surface area contributed by atoms with Gasteiger partial charge in [0, 0.05) is 5.56 Å². The van der Waals surface area contributed by atoms with Crippen molar-refractivity contribution in [2.45, 2.75) is 13.8 Å². The molecule has 0 heterocycles. The molecule has 0 saturated carbocycles. The minimum absolute atomic E-state index is 0.209. The Morgan fingerprint density at radius 3 is 2.25 bits per heavy atom. The third-order valence-corrected chi connectivity index (χ3v) is 1.81. The van der Waals surface area contributed by atoms with Gasteiger partial charge in [0.15, 0.2) is 11.6 Å². The molecule has 3 heteroatoms. The van der Waals surface area contributed by atoms with Crippen molar-refractivity contribution >= 4 is 0 Å². The molecule has 0 unspecified atom stereocenters. The quantitative estimate of drug-likeness (QED) is 0.632. The van der Waals surface area contributed by atoms with E-state index in [9.17, 15) is 8.78 Å². The van der Waals surface area contributed by atoms with Crippen LogP contribution < -0.4 is 4.74 Å². The summed E-state index contributed by atoms with van der Waals surface area (Å²) in [4.78, 5) is 0. The van der Waals surface area contributed by atoms with Crippen LogP contribution in [0.15, 0.2) is 6.07 Å². The summed E-state index contributed by atoms with van der Waals surface area (Å²) in [5.74, 6) is -1.24. The number of ether oxygens (including phenoxy) is 1. The minimum atomic E-state index is -0.827. The van der Waals surface area contributed by atoms with E-state index in [1.807, 2.05) is 0 Å². The molecule has 0 spiro atoms. The van der Waals surface area contributed by atoms with Crippen LogP contribution in [0.5, 0.6) is 5.75 Å². The van der Waals surface area contributed by atoms with Crippen molar-refractivity contribution < 1.29 is 13.5 Å². The number of hydrogen-bond donors (Lipinski definition) is 0. The molecule has 0 aliphatic carbocycles. The Labute approximate surface area is 70.0 Å². The largest absolute Gasteiger partial charge is 0.496 e. The average molecular weight is 172 g/mol. The Bertz CT molecular complexity index is 308. The Kier molecular flexibility index (Phi) is 2.31. The van der Waals surface area contributed by atoms with Crippen LogP contribution in [0.3, 0.4) is 0 Å². The van der Waals surface area contributed by atoms with Crippen molar-refractivity contribution in [3.8, 4) is 5.75 Å². The third kappa shape index (κ3) is 1.26. The monoisotopic (exact) mass is 172 g/mol. The maximum absolute atomic E-state index is 13.0. The second kappa shape index (κ2) is 3.09. The SMILES string of the molecule is COc1cc(C)c(F)c(F)c1C. The van der Waals surface area contributed by atoms with Gasteiger partial charge < -0.3 is 4.74 Å². The van der Waals surface area contributed by atoms with Crippen LogP contribution >= 0.6 is 0 Å². The first-order valence-corrected chi connectivity index (χ1v) is 3.57. The van der Waals surface area contributed by atoms with Crippen molar-refractivity contribution in [3.63, 3.8) is 0 Å². The van der Waals surface area contributed by atoms with Gasteiger partial charge in [-0.2, -0.15) is 0 Å². The number of aryl methyl sites for hydroxylation is 1. The van der Waals surface area contributed by atoms with Crippen LogP contribution in [0.25, 0.3) is 0 Å². The maximum Gasteiger partial charge on any atom is 0.165 e. The summed E-state index contributed by atoms with van der Waals surface area (Å²) in [7, 11) is 1.43. The Morgan fingerprint density at radius 1 is 1.17 bits per heavy atom. The van der Waals surface area contributed by atoms with Gasteiger partial charge in [-0.1, -0.05) is 0 Å². The Morgan fingerprint density at radius 2 is 1.75 bits per heavy atom. The fraction of sp³-hybridized carbons (Fsp3) is 0.333. The van der Waals surface area contributed by atoms with Crippen molar-refractivity contribution in [1.29, 1.82) is 0 Å². The molecule has 0 bridgehead atoms. The predicted octanol–water partition coefficient (Wildman–Crippen LogP) is 2.59. The second-order valence-electron chi connectivity index (χ2n) is 2.65. The van der Waals surface area contributed by atoms with E-state index in [-0.39, 0.29) is 11.1 Å². The molecule has 0 aliphatic heterocycles. The number of halogens is 2. The first kappa shape index (κ1) is 8.97. The van der Waals surface area contributed by atoms with E-state index in [1.54, 1.807) is 0 Å². The first-order chi connectivity index (χ1) is 5.57. The fourth-order valence-corrected chi connectivity index (χ4v) is 1.03. The molecule has 1 rings (SSSR count). The number of benzene rings is 1. The smallest absolute Gasteiger partial charge is 0.165 e. The van der Waals surface area contributed by atoms with Crippen LogP contribution in [0, 0.1) is 25.5 Å². The second-order valence-corrected chi connectivity index (χ2v) is 2.65. The van der Waals surface area contributed by atoms with Crippen LogP contribution in [0.2, 0.25) is 0 Å². The van der Waals surface area contributed by atoms with Gasteiger partial charge in [0.2, 0.25) is 0 Å². The molecule has 1 nitrogen and oxygen atoms in total. The average Bonchev–Trinajstić information content (AvgIpc) is 2.08. The van der Waals surface area contributed by atoms with E-state index in [4.69, 9.17) is 4.74 Å². The molecule has 0 radical (unpaired) electrons. The Balaban J connectivity index is 3.39. The van der Waals surface area contributed by atoms with E-state index in [0.29, 0.717) is 5.75 Å². The lowest BCUT2D eigenvalue weighted by molar-refractivity contribution is 0.400. The molecule has 0 atom stereocenters. The zero-order chi connectivity index (χ0) is 9.30. The van der Waals surface area contributed by atoms with Crippen LogP contribution in [0.4, 0.5) is 8.78 Å². The van der Waals surface area contributed by atoms with Gasteiger partial charge in [0.25, 0.3) is 0 Å². The van der Waals surface area contributed by atoms with Crippen molar-refractivity contribution in [3.05, 3.63) is 28.8 Å². The molecule has 0 aromatic heterocycles. The van der Waals surface area contributed by atoms with Gasteiger partial charge in [-0.15, -0.1) is 0 Å². The predicted molar refractivity (Wildman–Crippen MR) is 42.4 cm³/mol. The van der Waals surface area contributed by atoms with Crippen molar-refractivity contribution in [2.24, 2.45) is 0 Å². The van der Waals surface area contributed by atoms with Gasteiger partial charge in [-0.3, -0.25) is 0 Å². The summed E-state index contributed by atoms with van der Waals surface area (Å²) in [6.07, 6.45) is 0. The molecule has 1 aromatic rings. The van der Waals surface area contributed by atoms with Gasteiger partial charge in [0.1, 0.15) is 5.75 Å². The van der Waals surface area contributed by atoms with E-state index in [0.717, 1.165) is 0 Å². The number of methoxy groups -OCH3 is 1. The lowest BCUT2D eigenvalue weighted by atomic mass is 10.1. The van der Waals surface area contributed by atoms with E-state index < -0.39 is 11.6 Å². The minimum Gasteiger partial charge on any atom is -0.496 e. The molecular formula is C9H10F2O. The molecular weight excluding hydrogens is 162 g/mol. The normalized spacial score (nSPS) is 10.1. The summed E-state index contributed by atoms with van der Waals surface area (Å²) >= 11 is 0. The molecule has 1 aromatic carbocycles. The standard InChI is InChI=1S/C9H10F2O/c1-5-4-7(12-3)6(2)9(11)8(5)10/h4H,1-3H3. The van der Waals surface area contributed by atoms with Crippen LogP contribution in [-0.2, 0) is 0 Å². The van der Waals surface area contributed by atoms with Gasteiger partial charge in [-0.25, -0.2) is 8.78 Å². The highest BCUT2D eigenvalue weighted by Crippen LogP contribution is 2.25. The highest BCUT2D eigenvalue weighted by Gasteiger charge is 2.12. The zero-order valence-electron chi connectivity index (χ0n) is 7.24. The molecule has 0 N–H and O–H groups in total. The van der Waals surface area contributed by atoms with Gasteiger partial charge in [0.05, 0.1) is 7.11 Å². The van der Waals surface area contributed by atoms with Crippen LogP contribution in [0.1, 0.15) is 11.1 Å². The maximum atomic E-state index is 13.0. The summed E-state index contributed by atoms with van der Waals surface area (Å²) < 4.78 is 30.7. The van der Waals surface area contributed by atoms with Crippen molar-refractivity contribution in [2.75, 3.05) is 7.11 Å². The summed E-state index contributed by atoms with van der Waals surface area (Å²) in [5, 5.41) is 0. The highest BCUT2D eigenvalue weighted by molar-refractivity contribution is 5.38. The topological polar surface area (TPSA) is 9.23 Å². The van der Waals surface area contributed by atoms with E-state index >= 15 is 0 Å². The van der Waals surface area contributed by atoms with Crippen LogP contribution in [-0.4, -0.2) is 7.11 Å². The summed E-state index contributed by atoms with van der Waals surface area (Å²) in [6, 6.07) is 1.48. The van der Waals surface area contributed by atoms with Gasteiger partial charge in [-0.05, 0) is 25.5 Å². The summed E-state index contributed by atoms with van der Waals surface area (Å²) in [5.41, 5.74) is 0.468. The first-order valence-electron chi connectivity index (χ1n) is 3.57. The lowest BCUT2D eigenvalue weighted by Crippen LogP contribution is -1.97. The molecule has 0 fully saturated rings. The molecule has 0 saturated heterocycles. The molecule has 0 amide bonds. The fourth-order valence-electron chi connectivity index (χ4n) is 1.03. The number of hydrogen-bond acceptors (Lipinski definition) is 1. The molecule has 12 heavy (non-hydrogen) atoms. The van der Waals surface area contributed by atoms with Gasteiger partial charge >= 0.3 is 0 Å². The highest BCUT2D eigenvalue weighted by atomic mass is 19.2. The van der Waals surface area contributed by atoms with E-state index in [1.165, 1.54) is 27.0 Å². The van der Waals surface area contributed by atoms with Crippen molar-refractivity contribution in [1.82, 2.24) is 0 Å². The molecule has 66 valence electrons. The third-order valence-electron chi connectivity index (χ3n) is 1.81.